The topological polar surface area (TPSA) is 68.3 Å². The normalized spacial score (nSPS) is 42.6. The maximum atomic E-state index is 12.0. The summed E-state index contributed by atoms with van der Waals surface area (Å²) < 4.78 is 11.4. The summed E-state index contributed by atoms with van der Waals surface area (Å²) >= 11 is 0. The highest BCUT2D eigenvalue weighted by Gasteiger charge is 2.50. The van der Waals surface area contributed by atoms with Crippen molar-refractivity contribution >= 4 is 5.97 Å². The third-order valence-electron chi connectivity index (χ3n) is 5.73. The van der Waals surface area contributed by atoms with Crippen LogP contribution in [0.3, 0.4) is 0 Å². The van der Waals surface area contributed by atoms with Gasteiger partial charge < -0.3 is 9.47 Å². The van der Waals surface area contributed by atoms with Gasteiger partial charge in [-0.25, -0.2) is 9.68 Å². The smallest absolute Gasteiger partial charge is 0.334 e. The second-order valence-corrected chi connectivity index (χ2v) is 7.96. The molecule has 1 N–H and O–H groups in total. The summed E-state index contributed by atoms with van der Waals surface area (Å²) in [6.45, 7) is 7.84. The Kier molecular flexibility index (Phi) is 4.93. The van der Waals surface area contributed by atoms with Crippen LogP contribution < -0.4 is 0 Å². The number of epoxide rings is 1. The highest BCUT2D eigenvalue weighted by Crippen LogP contribution is 2.43. The van der Waals surface area contributed by atoms with Gasteiger partial charge in [-0.3, -0.25) is 5.26 Å². The first-order valence-corrected chi connectivity index (χ1v) is 9.02. The number of hydrogen-bond donors (Lipinski definition) is 1. The average Bonchev–Trinajstić information content (AvgIpc) is 3.13. The fourth-order valence-corrected chi connectivity index (χ4v) is 3.70. The van der Waals surface area contributed by atoms with Crippen LogP contribution in [0.15, 0.2) is 34.9 Å². The summed E-state index contributed by atoms with van der Waals surface area (Å²) in [5.74, 6) is -0.256. The number of allylic oxidation sites excluding steroid dienone is 1. The number of fused-ring (bicyclic) bond motifs is 2. The Balaban J connectivity index is 1.87. The zero-order valence-corrected chi connectivity index (χ0v) is 15.5. The Morgan fingerprint density at radius 3 is 2.76 bits per heavy atom. The zero-order chi connectivity index (χ0) is 18.2. The van der Waals surface area contributed by atoms with Crippen LogP contribution in [0.4, 0.5) is 0 Å². The van der Waals surface area contributed by atoms with Crippen LogP contribution in [0.5, 0.6) is 0 Å². The van der Waals surface area contributed by atoms with Crippen LogP contribution in [0, 0.1) is 0 Å². The molecule has 0 amide bonds. The van der Waals surface area contributed by atoms with E-state index in [1.54, 1.807) is 6.92 Å². The first kappa shape index (κ1) is 18.4. The SMILES string of the molecule is CC1=C2CC[C@](C)(OO)/C=C/C[C@]3(C)O[C@H]3CC/C(C)=C/[C@H]2OC1=O. The van der Waals surface area contributed by atoms with E-state index in [1.807, 2.05) is 25.2 Å². The second-order valence-electron chi connectivity index (χ2n) is 7.96. The monoisotopic (exact) mass is 348 g/mol. The molecule has 0 spiro atoms. The van der Waals surface area contributed by atoms with E-state index in [1.165, 1.54) is 5.57 Å². The van der Waals surface area contributed by atoms with E-state index in [0.29, 0.717) is 18.4 Å². The highest BCUT2D eigenvalue weighted by atomic mass is 17.1. The quantitative estimate of drug-likeness (QED) is 0.254. The van der Waals surface area contributed by atoms with Crippen molar-refractivity contribution in [3.8, 4) is 0 Å². The number of carbonyl (C=O) groups is 1. The first-order chi connectivity index (χ1) is 11.8. The minimum Gasteiger partial charge on any atom is -0.450 e. The van der Waals surface area contributed by atoms with Gasteiger partial charge in [0.15, 0.2) is 0 Å². The van der Waals surface area contributed by atoms with E-state index in [2.05, 4.69) is 13.8 Å². The number of esters is 1. The molecule has 138 valence electrons. The number of carbonyl (C=O) groups excluding carboxylic acids is 1. The van der Waals surface area contributed by atoms with E-state index >= 15 is 0 Å². The van der Waals surface area contributed by atoms with Crippen molar-refractivity contribution in [2.24, 2.45) is 0 Å². The number of rotatable bonds is 1. The molecule has 3 rings (SSSR count). The minimum absolute atomic E-state index is 0.126. The number of ether oxygens (including phenoxy) is 2. The molecule has 4 atom stereocenters. The largest absolute Gasteiger partial charge is 0.450 e. The zero-order valence-electron chi connectivity index (χ0n) is 15.5. The van der Waals surface area contributed by atoms with E-state index < -0.39 is 5.60 Å². The molecule has 1 aliphatic carbocycles. The summed E-state index contributed by atoms with van der Waals surface area (Å²) in [7, 11) is 0. The molecule has 0 aromatic carbocycles. The van der Waals surface area contributed by atoms with Crippen LogP contribution in [0.1, 0.15) is 59.8 Å². The Labute approximate surface area is 149 Å². The maximum Gasteiger partial charge on any atom is 0.334 e. The third-order valence-corrected chi connectivity index (χ3v) is 5.73. The molecule has 1 saturated heterocycles. The van der Waals surface area contributed by atoms with Gasteiger partial charge in [0.25, 0.3) is 0 Å². The summed E-state index contributed by atoms with van der Waals surface area (Å²) in [5.41, 5.74) is 1.93. The van der Waals surface area contributed by atoms with Crippen LogP contribution in [-0.4, -0.2) is 34.6 Å². The van der Waals surface area contributed by atoms with Gasteiger partial charge in [-0.1, -0.05) is 17.7 Å². The summed E-state index contributed by atoms with van der Waals surface area (Å²) in [4.78, 5) is 16.8. The van der Waals surface area contributed by atoms with Crippen LogP contribution >= 0.6 is 0 Å². The van der Waals surface area contributed by atoms with Crippen LogP contribution in [0.25, 0.3) is 0 Å². The summed E-state index contributed by atoms with van der Waals surface area (Å²) in [6, 6.07) is 0. The second kappa shape index (κ2) is 6.71. The molecule has 5 heteroatoms. The van der Waals surface area contributed by atoms with Crippen LogP contribution in [0.2, 0.25) is 0 Å². The molecule has 5 nitrogen and oxygen atoms in total. The van der Waals surface area contributed by atoms with Crippen molar-refractivity contribution < 1.29 is 24.4 Å². The average molecular weight is 348 g/mol. The van der Waals surface area contributed by atoms with E-state index in [4.69, 9.17) is 14.4 Å². The Bertz CT molecular complexity index is 646. The van der Waals surface area contributed by atoms with Gasteiger partial charge in [0.05, 0.1) is 11.7 Å². The molecule has 3 aliphatic rings. The minimum atomic E-state index is -0.799. The Morgan fingerprint density at radius 2 is 2.04 bits per heavy atom. The summed E-state index contributed by atoms with van der Waals surface area (Å²) in [5, 5.41) is 9.39. The molecule has 25 heavy (non-hydrogen) atoms. The molecular weight excluding hydrogens is 320 g/mol. The van der Waals surface area contributed by atoms with E-state index in [0.717, 1.165) is 24.8 Å². The lowest BCUT2D eigenvalue weighted by atomic mass is 9.90. The molecule has 0 saturated carbocycles. The standard InChI is InChI=1S/C20H28O5/c1-13-6-7-17-20(4,24-17)10-5-9-19(3,25-22)11-8-15-14(2)18(21)23-16(15)12-13/h5,9,12,16-17,22H,6-8,10-11H2,1-4H3/b9-5+,13-12+/t16-,17+,19-,20+/m1/s1. The van der Waals surface area contributed by atoms with Gasteiger partial charge in [-0.2, -0.15) is 0 Å². The molecule has 0 bridgehead atoms. The van der Waals surface area contributed by atoms with Crippen molar-refractivity contribution in [1.82, 2.24) is 0 Å². The van der Waals surface area contributed by atoms with Crippen molar-refractivity contribution in [1.29, 1.82) is 0 Å². The molecule has 2 aliphatic heterocycles. The molecule has 2 heterocycles. The fourth-order valence-electron chi connectivity index (χ4n) is 3.70. The van der Waals surface area contributed by atoms with Crippen molar-refractivity contribution in [3.05, 3.63) is 34.9 Å². The van der Waals surface area contributed by atoms with Crippen molar-refractivity contribution in [2.75, 3.05) is 0 Å². The highest BCUT2D eigenvalue weighted by molar-refractivity contribution is 5.92. The van der Waals surface area contributed by atoms with Gasteiger partial charge in [0, 0.05) is 5.57 Å². The van der Waals surface area contributed by atoms with Crippen molar-refractivity contribution in [3.63, 3.8) is 0 Å². The van der Waals surface area contributed by atoms with Gasteiger partial charge in [-0.05, 0) is 71.4 Å². The predicted molar refractivity (Wildman–Crippen MR) is 94.0 cm³/mol. The number of hydrogen-bond acceptors (Lipinski definition) is 5. The molecule has 0 aromatic heterocycles. The van der Waals surface area contributed by atoms with Gasteiger partial charge >= 0.3 is 5.97 Å². The summed E-state index contributed by atoms with van der Waals surface area (Å²) in [6.07, 6.45) is 9.78. The van der Waals surface area contributed by atoms with E-state index in [9.17, 15) is 10.1 Å². The Morgan fingerprint density at radius 1 is 1.28 bits per heavy atom. The molecular formula is C20H28O5. The lowest BCUT2D eigenvalue weighted by Crippen LogP contribution is -2.26. The van der Waals surface area contributed by atoms with Crippen LogP contribution in [-0.2, 0) is 19.2 Å². The molecule has 0 radical (unpaired) electrons. The van der Waals surface area contributed by atoms with Gasteiger partial charge in [0.2, 0.25) is 0 Å². The fraction of sp³-hybridized carbons (Fsp3) is 0.650. The van der Waals surface area contributed by atoms with Gasteiger partial charge in [-0.15, -0.1) is 0 Å². The molecule has 1 fully saturated rings. The van der Waals surface area contributed by atoms with Crippen molar-refractivity contribution in [2.45, 2.75) is 83.2 Å². The lowest BCUT2D eigenvalue weighted by Gasteiger charge is -2.23. The maximum absolute atomic E-state index is 12.0. The molecule has 0 unspecified atom stereocenters. The Hall–Kier alpha value is -1.43. The predicted octanol–water partition coefficient (Wildman–Crippen LogP) is 4.10. The lowest BCUT2D eigenvalue weighted by molar-refractivity contribution is -0.303. The molecule has 0 aromatic rings. The first-order valence-electron chi connectivity index (χ1n) is 9.02. The third kappa shape index (κ3) is 3.89. The van der Waals surface area contributed by atoms with E-state index in [-0.39, 0.29) is 23.8 Å². The van der Waals surface area contributed by atoms with Gasteiger partial charge in [0.1, 0.15) is 11.7 Å².